The first-order valence-electron chi connectivity index (χ1n) is 12.2. The van der Waals surface area contributed by atoms with Crippen molar-refractivity contribution in [1.29, 1.82) is 0 Å². The van der Waals surface area contributed by atoms with Crippen LogP contribution in [0.3, 0.4) is 0 Å². The second kappa shape index (κ2) is 11.6. The summed E-state index contributed by atoms with van der Waals surface area (Å²) < 4.78 is 39.7. The van der Waals surface area contributed by atoms with Gasteiger partial charge in [-0.25, -0.2) is 0 Å². The first-order chi connectivity index (χ1) is 17.6. The second-order valence-corrected chi connectivity index (χ2v) is 9.78. The Bertz CT molecular complexity index is 1120. The highest BCUT2D eigenvalue weighted by molar-refractivity contribution is 6.30. The molecule has 2 aliphatic rings. The number of piperazine rings is 1. The van der Waals surface area contributed by atoms with Crippen LogP contribution in [-0.2, 0) is 11.0 Å². The van der Waals surface area contributed by atoms with Gasteiger partial charge >= 0.3 is 6.18 Å². The lowest BCUT2D eigenvalue weighted by molar-refractivity contribution is -0.388. The van der Waals surface area contributed by atoms with E-state index in [2.05, 4.69) is 15.1 Å². The fourth-order valence-corrected chi connectivity index (χ4v) is 5.03. The summed E-state index contributed by atoms with van der Waals surface area (Å²) in [5.74, 6) is 0.122. The molecule has 2 fully saturated rings. The van der Waals surface area contributed by atoms with E-state index in [0.29, 0.717) is 57.0 Å². The van der Waals surface area contributed by atoms with Crippen molar-refractivity contribution in [3.05, 3.63) is 63.2 Å². The third-order valence-electron chi connectivity index (χ3n) is 6.90. The number of benzene rings is 2. The van der Waals surface area contributed by atoms with E-state index in [1.54, 1.807) is 0 Å². The van der Waals surface area contributed by atoms with Gasteiger partial charge in [0.2, 0.25) is 5.91 Å². The van der Waals surface area contributed by atoms with Crippen molar-refractivity contribution in [1.82, 2.24) is 9.80 Å². The molecule has 2 heterocycles. The first kappa shape index (κ1) is 27.0. The normalized spacial score (nSPS) is 17.6. The quantitative estimate of drug-likeness (QED) is 0.399. The molecule has 2 aromatic carbocycles. The molecule has 0 atom stereocenters. The number of carbonyl (C=O) groups excluding carboxylic acids is 1. The Morgan fingerprint density at radius 2 is 1.76 bits per heavy atom. The van der Waals surface area contributed by atoms with Crippen LogP contribution in [0.25, 0.3) is 0 Å². The average molecular weight is 540 g/mol. The lowest BCUT2D eigenvalue weighted by atomic mass is 10.0. The maximum atomic E-state index is 13.2. The molecule has 2 aromatic rings. The summed E-state index contributed by atoms with van der Waals surface area (Å²) in [5.41, 5.74) is -0.946. The summed E-state index contributed by atoms with van der Waals surface area (Å²) in [5, 5.41) is 14.7. The van der Waals surface area contributed by atoms with Crippen molar-refractivity contribution in [2.75, 3.05) is 56.0 Å². The minimum absolute atomic E-state index is 0.0472. The topological polar surface area (TPSA) is 82.0 Å². The maximum Gasteiger partial charge on any atom is 0.423 e. The van der Waals surface area contributed by atoms with Crippen molar-refractivity contribution in [3.63, 3.8) is 0 Å². The fraction of sp³-hybridized carbons (Fsp3) is 0.480. The molecule has 37 heavy (non-hydrogen) atoms. The van der Waals surface area contributed by atoms with E-state index >= 15 is 0 Å². The van der Waals surface area contributed by atoms with E-state index in [1.165, 1.54) is 6.07 Å². The van der Waals surface area contributed by atoms with Gasteiger partial charge in [0, 0.05) is 80.7 Å². The summed E-state index contributed by atoms with van der Waals surface area (Å²) in [6.45, 7) is 4.89. The van der Waals surface area contributed by atoms with Crippen molar-refractivity contribution in [3.8, 4) is 0 Å². The van der Waals surface area contributed by atoms with Gasteiger partial charge in [-0.2, -0.15) is 13.2 Å². The highest BCUT2D eigenvalue weighted by atomic mass is 35.5. The van der Waals surface area contributed by atoms with Crippen LogP contribution >= 0.6 is 11.6 Å². The molecule has 1 N–H and O–H groups in total. The van der Waals surface area contributed by atoms with E-state index in [9.17, 15) is 28.1 Å². The number of nitrogens with one attached hydrogen (secondary N) is 1. The third-order valence-corrected chi connectivity index (χ3v) is 7.14. The number of amides is 1. The van der Waals surface area contributed by atoms with Crippen molar-refractivity contribution < 1.29 is 22.9 Å². The van der Waals surface area contributed by atoms with Crippen LogP contribution in [0.5, 0.6) is 0 Å². The van der Waals surface area contributed by atoms with Crippen LogP contribution in [0.2, 0.25) is 5.02 Å². The summed E-state index contributed by atoms with van der Waals surface area (Å²) in [6.07, 6.45) is -2.99. The molecule has 2 aliphatic heterocycles. The molecule has 8 nitrogen and oxygen atoms in total. The van der Waals surface area contributed by atoms with Crippen LogP contribution < -0.4 is 10.2 Å². The average Bonchev–Trinajstić information content (AvgIpc) is 2.87. The van der Waals surface area contributed by atoms with Crippen LogP contribution in [0, 0.1) is 10.1 Å². The highest BCUT2D eigenvalue weighted by Crippen LogP contribution is 2.38. The predicted octanol–water partition coefficient (Wildman–Crippen LogP) is 4.88. The molecular formula is C25H29ClF3N5O3. The summed E-state index contributed by atoms with van der Waals surface area (Å²) in [4.78, 5) is 29.0. The molecule has 200 valence electrons. The van der Waals surface area contributed by atoms with Gasteiger partial charge in [-0.3, -0.25) is 14.9 Å². The minimum atomic E-state index is -4.81. The molecule has 0 unspecified atom stereocenters. The zero-order valence-corrected chi connectivity index (χ0v) is 21.0. The number of nitro groups is 1. The number of piperidine rings is 1. The monoisotopic (exact) mass is 539 g/mol. The second-order valence-electron chi connectivity index (χ2n) is 9.34. The van der Waals surface area contributed by atoms with Gasteiger partial charge in [-0.15, -0.1) is 0 Å². The molecule has 0 bridgehead atoms. The zero-order valence-electron chi connectivity index (χ0n) is 20.2. The number of likely N-dealkylation sites (tertiary alicyclic amines) is 1. The number of hydrogen-bond acceptors (Lipinski definition) is 6. The SMILES string of the molecule is O=C(CCN1CCC(Nc2ccc([N+](=O)[O-])c(C(F)(F)F)c2)CC1)N1CCN(c2cccc(Cl)c2)CC1. The van der Waals surface area contributed by atoms with E-state index in [-0.39, 0.29) is 17.6 Å². The lowest BCUT2D eigenvalue weighted by Gasteiger charge is -2.37. The number of nitrogens with zero attached hydrogens (tertiary/aromatic N) is 4. The van der Waals surface area contributed by atoms with Gasteiger partial charge in [0.15, 0.2) is 0 Å². The maximum absolute atomic E-state index is 13.2. The first-order valence-corrected chi connectivity index (χ1v) is 12.6. The summed E-state index contributed by atoms with van der Waals surface area (Å²) >= 11 is 6.08. The Hall–Kier alpha value is -3.05. The Balaban J connectivity index is 1.20. The van der Waals surface area contributed by atoms with Gasteiger partial charge in [-0.1, -0.05) is 17.7 Å². The Labute approximate surface area is 218 Å². The van der Waals surface area contributed by atoms with E-state index < -0.39 is 22.4 Å². The van der Waals surface area contributed by atoms with Crippen molar-refractivity contribution in [2.24, 2.45) is 0 Å². The number of hydrogen-bond donors (Lipinski definition) is 1. The molecule has 0 spiro atoms. The van der Waals surface area contributed by atoms with Crippen molar-refractivity contribution in [2.45, 2.75) is 31.5 Å². The molecule has 0 aliphatic carbocycles. The molecule has 1 amide bonds. The van der Waals surface area contributed by atoms with Gasteiger partial charge in [0.25, 0.3) is 5.69 Å². The predicted molar refractivity (Wildman–Crippen MR) is 136 cm³/mol. The highest BCUT2D eigenvalue weighted by Gasteiger charge is 2.38. The van der Waals surface area contributed by atoms with Gasteiger partial charge < -0.3 is 20.0 Å². The Kier molecular flexibility index (Phi) is 8.43. The zero-order chi connectivity index (χ0) is 26.6. The molecule has 0 radical (unpaired) electrons. The number of alkyl halides is 3. The van der Waals surface area contributed by atoms with E-state index in [1.807, 2.05) is 29.2 Å². The molecule has 0 aromatic heterocycles. The number of nitro benzene ring substituents is 1. The summed E-state index contributed by atoms with van der Waals surface area (Å²) in [6, 6.07) is 10.6. The number of halogens is 4. The largest absolute Gasteiger partial charge is 0.423 e. The van der Waals surface area contributed by atoms with Crippen LogP contribution in [0.15, 0.2) is 42.5 Å². The molecule has 4 rings (SSSR count). The van der Waals surface area contributed by atoms with Gasteiger partial charge in [0.1, 0.15) is 5.56 Å². The minimum Gasteiger partial charge on any atom is -0.382 e. The fourth-order valence-electron chi connectivity index (χ4n) is 4.85. The molecular weight excluding hydrogens is 511 g/mol. The smallest absolute Gasteiger partial charge is 0.382 e. The van der Waals surface area contributed by atoms with Crippen LogP contribution in [-0.4, -0.2) is 72.5 Å². The van der Waals surface area contributed by atoms with Crippen molar-refractivity contribution >= 4 is 34.6 Å². The summed E-state index contributed by atoms with van der Waals surface area (Å²) in [7, 11) is 0. The standard InChI is InChI=1S/C25H29ClF3N5O3/c26-18-2-1-3-21(16-18)32-12-14-33(15-13-32)24(35)8-11-31-9-6-19(7-10-31)30-20-4-5-23(34(36)37)22(17-20)25(27,28)29/h1-5,16-17,19,30H,6-15H2. The number of carbonyl (C=O) groups is 1. The third kappa shape index (κ3) is 7.04. The number of anilines is 2. The van der Waals surface area contributed by atoms with E-state index in [4.69, 9.17) is 11.6 Å². The number of rotatable bonds is 7. The van der Waals surface area contributed by atoms with Gasteiger partial charge in [-0.05, 0) is 43.2 Å². The molecule has 12 heteroatoms. The van der Waals surface area contributed by atoms with Gasteiger partial charge in [0.05, 0.1) is 4.92 Å². The van der Waals surface area contributed by atoms with E-state index in [0.717, 1.165) is 30.9 Å². The Morgan fingerprint density at radius 1 is 1.05 bits per heavy atom. The lowest BCUT2D eigenvalue weighted by Crippen LogP contribution is -2.49. The van der Waals surface area contributed by atoms with Crippen LogP contribution in [0.4, 0.5) is 30.2 Å². The Morgan fingerprint density at radius 3 is 2.38 bits per heavy atom. The molecule has 2 saturated heterocycles. The molecule has 0 saturated carbocycles. The van der Waals surface area contributed by atoms with Crippen LogP contribution in [0.1, 0.15) is 24.8 Å².